The predicted molar refractivity (Wildman–Crippen MR) is 77.5 cm³/mol. The van der Waals surface area contributed by atoms with E-state index in [0.29, 0.717) is 32.0 Å². The topological polar surface area (TPSA) is 76.8 Å². The number of methoxy groups -OCH3 is 1. The van der Waals surface area contributed by atoms with Gasteiger partial charge < -0.3 is 25.4 Å². The highest BCUT2D eigenvalue weighted by molar-refractivity contribution is 8.01. The number of benzene rings is 1. The number of anilines is 2. The summed E-state index contributed by atoms with van der Waals surface area (Å²) in [5.74, 6) is -0.0936. The van der Waals surface area contributed by atoms with Crippen LogP contribution in [0.4, 0.5) is 11.4 Å². The van der Waals surface area contributed by atoms with E-state index in [1.165, 1.54) is 18.9 Å². The molecule has 1 amide bonds. The Labute approximate surface area is 121 Å². The Bertz CT molecular complexity index is 534. The number of thioether (sulfide) groups is 1. The van der Waals surface area contributed by atoms with Crippen molar-refractivity contribution in [3.05, 3.63) is 18.2 Å². The maximum Gasteiger partial charge on any atom is 0.287 e. The molecule has 20 heavy (non-hydrogen) atoms. The number of nitrogens with two attached hydrogens (primary N) is 1. The van der Waals surface area contributed by atoms with Crippen LogP contribution in [0, 0.1) is 0 Å². The maximum atomic E-state index is 12.8. The van der Waals surface area contributed by atoms with E-state index in [-0.39, 0.29) is 5.91 Å². The highest BCUT2D eigenvalue weighted by atomic mass is 32.2. The minimum absolute atomic E-state index is 0.0936. The number of nitrogen functional groups attached to an aromatic ring is 1. The van der Waals surface area contributed by atoms with Gasteiger partial charge in [-0.3, -0.25) is 4.79 Å². The van der Waals surface area contributed by atoms with Crippen molar-refractivity contribution in [3.8, 4) is 0 Å². The van der Waals surface area contributed by atoms with E-state index in [9.17, 15) is 4.79 Å². The molecular weight excluding hydrogens is 278 g/mol. The van der Waals surface area contributed by atoms with Crippen LogP contribution in [-0.4, -0.2) is 49.3 Å². The van der Waals surface area contributed by atoms with Gasteiger partial charge in [0.2, 0.25) is 0 Å². The molecule has 0 bridgehead atoms. The zero-order valence-corrected chi connectivity index (χ0v) is 12.0. The maximum absolute atomic E-state index is 12.8. The van der Waals surface area contributed by atoms with Gasteiger partial charge in [-0.15, -0.1) is 0 Å². The van der Waals surface area contributed by atoms with Gasteiger partial charge in [0.1, 0.15) is 0 Å². The molecule has 1 unspecified atom stereocenters. The van der Waals surface area contributed by atoms with Crippen LogP contribution in [0.1, 0.15) is 0 Å². The highest BCUT2D eigenvalue weighted by Gasteiger charge is 2.48. The number of carbonyl (C=O) groups excluding carboxylic acids is 1. The van der Waals surface area contributed by atoms with Crippen molar-refractivity contribution in [2.45, 2.75) is 9.95 Å². The number of rotatable bonds is 2. The van der Waals surface area contributed by atoms with Crippen LogP contribution in [0.15, 0.2) is 23.1 Å². The number of carbonyl (C=O) groups is 1. The Morgan fingerprint density at radius 2 is 2.25 bits per heavy atom. The monoisotopic (exact) mass is 295 g/mol. The zero-order valence-electron chi connectivity index (χ0n) is 11.2. The van der Waals surface area contributed by atoms with E-state index >= 15 is 0 Å². The van der Waals surface area contributed by atoms with Crippen molar-refractivity contribution in [1.82, 2.24) is 4.90 Å². The third-order valence-corrected chi connectivity index (χ3v) is 4.76. The quantitative estimate of drug-likeness (QED) is 0.791. The van der Waals surface area contributed by atoms with E-state index in [1.807, 2.05) is 12.1 Å². The molecule has 7 heteroatoms. The van der Waals surface area contributed by atoms with Gasteiger partial charge >= 0.3 is 0 Å². The van der Waals surface area contributed by atoms with Crippen molar-refractivity contribution in [2.75, 3.05) is 44.5 Å². The van der Waals surface area contributed by atoms with E-state index < -0.39 is 5.06 Å². The van der Waals surface area contributed by atoms with Gasteiger partial charge in [0.25, 0.3) is 11.0 Å². The van der Waals surface area contributed by atoms with Gasteiger partial charge in [0.15, 0.2) is 0 Å². The summed E-state index contributed by atoms with van der Waals surface area (Å²) in [6, 6.07) is 5.60. The van der Waals surface area contributed by atoms with Gasteiger partial charge in [-0.2, -0.15) is 0 Å². The minimum Gasteiger partial charge on any atom is -0.397 e. The van der Waals surface area contributed by atoms with Gasteiger partial charge in [0.05, 0.1) is 24.6 Å². The number of amides is 1. The van der Waals surface area contributed by atoms with Crippen LogP contribution in [0.3, 0.4) is 0 Å². The number of hydrogen-bond acceptors (Lipinski definition) is 6. The standard InChI is InChI=1S/C13H17N3O3S/c1-18-13(12(17)16-5-7-19-8-6-16)15-11-9(14)3-2-4-10(11)20-13/h2-4,15H,5-8,14H2,1H3. The Balaban J connectivity index is 1.87. The second-order valence-corrected chi connectivity index (χ2v) is 5.89. The van der Waals surface area contributed by atoms with Crippen molar-refractivity contribution in [3.63, 3.8) is 0 Å². The molecule has 0 saturated carbocycles. The van der Waals surface area contributed by atoms with Crippen LogP contribution in [-0.2, 0) is 14.3 Å². The Hall–Kier alpha value is -1.44. The molecule has 1 aromatic carbocycles. The summed E-state index contributed by atoms with van der Waals surface area (Å²) in [6.45, 7) is 2.28. The Kier molecular flexibility index (Phi) is 3.49. The molecule has 6 nitrogen and oxygen atoms in total. The normalized spacial score (nSPS) is 25.1. The molecule has 1 fully saturated rings. The molecule has 3 rings (SSSR count). The number of nitrogens with zero attached hydrogens (tertiary/aromatic N) is 1. The molecule has 0 aromatic heterocycles. The molecule has 1 saturated heterocycles. The van der Waals surface area contributed by atoms with Gasteiger partial charge in [-0.1, -0.05) is 17.8 Å². The molecule has 0 aliphatic carbocycles. The number of hydrogen-bond donors (Lipinski definition) is 2. The number of para-hydroxylation sites is 1. The van der Waals surface area contributed by atoms with Gasteiger partial charge in [-0.25, -0.2) is 0 Å². The van der Waals surface area contributed by atoms with E-state index in [0.717, 1.165) is 10.6 Å². The summed E-state index contributed by atoms with van der Waals surface area (Å²) >= 11 is 1.35. The summed E-state index contributed by atoms with van der Waals surface area (Å²) in [5.41, 5.74) is 7.33. The average molecular weight is 295 g/mol. The average Bonchev–Trinajstić information content (AvgIpc) is 2.89. The first-order valence-corrected chi connectivity index (χ1v) is 7.26. The second-order valence-electron chi connectivity index (χ2n) is 4.67. The molecule has 0 spiro atoms. The third kappa shape index (κ3) is 2.11. The van der Waals surface area contributed by atoms with Crippen molar-refractivity contribution < 1.29 is 14.3 Å². The first-order valence-electron chi connectivity index (χ1n) is 6.44. The van der Waals surface area contributed by atoms with Crippen LogP contribution in [0.25, 0.3) is 0 Å². The second kappa shape index (κ2) is 5.16. The van der Waals surface area contributed by atoms with Crippen LogP contribution in [0.2, 0.25) is 0 Å². The first-order chi connectivity index (χ1) is 9.66. The zero-order chi connectivity index (χ0) is 14.2. The molecule has 0 radical (unpaired) electrons. The fourth-order valence-corrected chi connectivity index (χ4v) is 3.54. The van der Waals surface area contributed by atoms with E-state index in [1.54, 1.807) is 11.0 Å². The fourth-order valence-electron chi connectivity index (χ4n) is 2.36. The van der Waals surface area contributed by atoms with Crippen molar-refractivity contribution >= 4 is 29.0 Å². The number of nitrogens with one attached hydrogen (secondary N) is 1. The fraction of sp³-hybridized carbons (Fsp3) is 0.462. The Morgan fingerprint density at radius 3 is 2.90 bits per heavy atom. The first kappa shape index (κ1) is 13.5. The SMILES string of the molecule is COC1(C(=O)N2CCOCC2)Nc2c(N)cccc2S1. The lowest BCUT2D eigenvalue weighted by molar-refractivity contribution is -0.146. The Morgan fingerprint density at radius 1 is 1.50 bits per heavy atom. The summed E-state index contributed by atoms with van der Waals surface area (Å²) in [4.78, 5) is 15.4. The summed E-state index contributed by atoms with van der Waals surface area (Å²) < 4.78 is 10.8. The smallest absolute Gasteiger partial charge is 0.287 e. The third-order valence-electron chi connectivity index (χ3n) is 3.47. The lowest BCUT2D eigenvalue weighted by atomic mass is 10.2. The molecule has 2 heterocycles. The molecule has 1 atom stereocenters. The summed E-state index contributed by atoms with van der Waals surface area (Å²) in [6.07, 6.45) is 0. The lowest BCUT2D eigenvalue weighted by Crippen LogP contribution is -2.54. The van der Waals surface area contributed by atoms with Crippen molar-refractivity contribution in [1.29, 1.82) is 0 Å². The lowest BCUT2D eigenvalue weighted by Gasteiger charge is -2.34. The molecule has 108 valence electrons. The van der Waals surface area contributed by atoms with E-state index in [4.69, 9.17) is 15.2 Å². The molecule has 3 N–H and O–H groups in total. The number of ether oxygens (including phenoxy) is 2. The van der Waals surface area contributed by atoms with E-state index in [2.05, 4.69) is 5.32 Å². The molecule has 2 aliphatic rings. The summed E-state index contributed by atoms with van der Waals surface area (Å²) in [7, 11) is 1.53. The van der Waals surface area contributed by atoms with Crippen LogP contribution in [0.5, 0.6) is 0 Å². The molecule has 2 aliphatic heterocycles. The number of fused-ring (bicyclic) bond motifs is 1. The van der Waals surface area contributed by atoms with Gasteiger partial charge in [-0.05, 0) is 12.1 Å². The predicted octanol–water partition coefficient (Wildman–Crippen LogP) is 0.945. The molecule has 1 aromatic rings. The highest BCUT2D eigenvalue weighted by Crippen LogP contribution is 2.48. The van der Waals surface area contributed by atoms with Gasteiger partial charge in [0, 0.05) is 25.1 Å². The van der Waals surface area contributed by atoms with Crippen molar-refractivity contribution in [2.24, 2.45) is 0 Å². The largest absolute Gasteiger partial charge is 0.397 e. The minimum atomic E-state index is -1.13. The summed E-state index contributed by atoms with van der Waals surface area (Å²) in [5, 5.41) is 2.02. The number of morpholine rings is 1. The van der Waals surface area contributed by atoms with Crippen LogP contribution >= 0.6 is 11.8 Å². The van der Waals surface area contributed by atoms with Crippen LogP contribution < -0.4 is 11.1 Å². The molecular formula is C13H17N3O3S.